The molecule has 2 aromatic carbocycles. The van der Waals surface area contributed by atoms with Crippen LogP contribution in [0.1, 0.15) is 35.7 Å². The Balaban J connectivity index is 2.23. The van der Waals surface area contributed by atoms with Crippen molar-refractivity contribution >= 4 is 5.97 Å². The van der Waals surface area contributed by atoms with Gasteiger partial charge in [-0.15, -0.1) is 0 Å². The molecular formula is C17H17FO2. The lowest BCUT2D eigenvalue weighted by Crippen LogP contribution is -2.00. The number of unbranched alkanes of at least 4 members (excludes halogenated alkanes) is 1. The van der Waals surface area contributed by atoms with E-state index in [1.54, 1.807) is 6.07 Å². The van der Waals surface area contributed by atoms with Crippen molar-refractivity contribution in [3.63, 3.8) is 0 Å². The standard InChI is InChI=1S/C17H17FO2/c1-2-3-4-12-5-7-13(8-6-12)14-9-10-15(17(19)20)16(18)11-14/h5-11H,2-4H2,1H3,(H,19,20). The smallest absolute Gasteiger partial charge is 0.338 e. The van der Waals surface area contributed by atoms with Gasteiger partial charge in [0.25, 0.3) is 0 Å². The van der Waals surface area contributed by atoms with E-state index in [0.717, 1.165) is 24.8 Å². The number of hydrogen-bond acceptors (Lipinski definition) is 1. The first-order valence-corrected chi connectivity index (χ1v) is 6.74. The van der Waals surface area contributed by atoms with Gasteiger partial charge in [-0.3, -0.25) is 0 Å². The molecule has 104 valence electrons. The Morgan fingerprint density at radius 2 is 1.75 bits per heavy atom. The van der Waals surface area contributed by atoms with E-state index in [9.17, 15) is 9.18 Å². The average molecular weight is 272 g/mol. The normalized spacial score (nSPS) is 10.5. The van der Waals surface area contributed by atoms with Crippen molar-refractivity contribution in [1.29, 1.82) is 0 Å². The van der Waals surface area contributed by atoms with E-state index < -0.39 is 11.8 Å². The van der Waals surface area contributed by atoms with Gasteiger partial charge in [-0.05, 0) is 41.7 Å². The molecule has 20 heavy (non-hydrogen) atoms. The van der Waals surface area contributed by atoms with Crippen LogP contribution in [0.5, 0.6) is 0 Å². The van der Waals surface area contributed by atoms with Crippen LogP contribution in [0.3, 0.4) is 0 Å². The Bertz CT molecular complexity index is 603. The monoisotopic (exact) mass is 272 g/mol. The maximum absolute atomic E-state index is 13.7. The van der Waals surface area contributed by atoms with Crippen LogP contribution >= 0.6 is 0 Å². The summed E-state index contributed by atoms with van der Waals surface area (Å²) in [4.78, 5) is 10.8. The maximum Gasteiger partial charge on any atom is 0.338 e. The van der Waals surface area contributed by atoms with Gasteiger partial charge in [-0.2, -0.15) is 0 Å². The summed E-state index contributed by atoms with van der Waals surface area (Å²) in [5.74, 6) is -1.95. The number of carboxylic acid groups (broad SMARTS) is 1. The van der Waals surface area contributed by atoms with E-state index in [1.165, 1.54) is 17.7 Å². The fourth-order valence-corrected chi connectivity index (χ4v) is 2.11. The number of carboxylic acids is 1. The second-order valence-electron chi connectivity index (χ2n) is 4.80. The Morgan fingerprint density at radius 3 is 2.30 bits per heavy atom. The Labute approximate surface area is 117 Å². The molecule has 0 radical (unpaired) electrons. The van der Waals surface area contributed by atoms with Crippen LogP contribution in [-0.4, -0.2) is 11.1 Å². The number of halogens is 1. The van der Waals surface area contributed by atoms with E-state index >= 15 is 0 Å². The molecule has 0 aliphatic heterocycles. The second kappa shape index (κ2) is 6.33. The number of aromatic carboxylic acids is 1. The summed E-state index contributed by atoms with van der Waals surface area (Å²) in [6.07, 6.45) is 3.36. The van der Waals surface area contributed by atoms with Crippen LogP contribution in [-0.2, 0) is 6.42 Å². The van der Waals surface area contributed by atoms with Gasteiger partial charge < -0.3 is 5.11 Å². The average Bonchev–Trinajstić information content (AvgIpc) is 2.45. The lowest BCUT2D eigenvalue weighted by molar-refractivity contribution is 0.0692. The van der Waals surface area contributed by atoms with Gasteiger partial charge in [-0.1, -0.05) is 43.7 Å². The molecule has 3 heteroatoms. The first kappa shape index (κ1) is 14.3. The van der Waals surface area contributed by atoms with E-state index in [1.807, 2.05) is 24.3 Å². The molecule has 0 spiro atoms. The van der Waals surface area contributed by atoms with Gasteiger partial charge in [0.15, 0.2) is 0 Å². The third-order valence-corrected chi connectivity index (χ3v) is 3.31. The van der Waals surface area contributed by atoms with Gasteiger partial charge in [-0.25, -0.2) is 9.18 Å². The third-order valence-electron chi connectivity index (χ3n) is 3.31. The molecule has 0 atom stereocenters. The van der Waals surface area contributed by atoms with Crippen LogP contribution in [0.15, 0.2) is 42.5 Å². The second-order valence-corrected chi connectivity index (χ2v) is 4.80. The zero-order valence-electron chi connectivity index (χ0n) is 11.4. The third kappa shape index (κ3) is 3.23. The van der Waals surface area contributed by atoms with Crippen molar-refractivity contribution < 1.29 is 14.3 Å². The number of benzene rings is 2. The van der Waals surface area contributed by atoms with Crippen LogP contribution in [0.2, 0.25) is 0 Å². The highest BCUT2D eigenvalue weighted by molar-refractivity contribution is 5.88. The highest BCUT2D eigenvalue weighted by Gasteiger charge is 2.10. The number of hydrogen-bond donors (Lipinski definition) is 1. The molecule has 0 saturated carbocycles. The molecule has 2 nitrogen and oxygen atoms in total. The zero-order valence-corrected chi connectivity index (χ0v) is 11.4. The maximum atomic E-state index is 13.7. The molecule has 0 fully saturated rings. The van der Waals surface area contributed by atoms with E-state index in [0.29, 0.717) is 5.56 Å². The first-order chi connectivity index (χ1) is 9.61. The van der Waals surface area contributed by atoms with Gasteiger partial charge in [0, 0.05) is 0 Å². The van der Waals surface area contributed by atoms with Crippen LogP contribution in [0.25, 0.3) is 11.1 Å². The summed E-state index contributed by atoms with van der Waals surface area (Å²) in [6, 6.07) is 12.2. The predicted octanol–water partition coefficient (Wildman–Crippen LogP) is 4.53. The van der Waals surface area contributed by atoms with Crippen molar-refractivity contribution in [3.05, 3.63) is 59.4 Å². The zero-order chi connectivity index (χ0) is 14.5. The van der Waals surface area contributed by atoms with Gasteiger partial charge in [0.05, 0.1) is 5.56 Å². The highest BCUT2D eigenvalue weighted by atomic mass is 19.1. The van der Waals surface area contributed by atoms with Crippen LogP contribution in [0.4, 0.5) is 4.39 Å². The molecule has 0 aliphatic carbocycles. The molecule has 0 heterocycles. The van der Waals surface area contributed by atoms with Gasteiger partial charge in [0.1, 0.15) is 5.82 Å². The predicted molar refractivity (Wildman–Crippen MR) is 77.4 cm³/mol. The topological polar surface area (TPSA) is 37.3 Å². The van der Waals surface area contributed by atoms with Gasteiger partial charge in [0.2, 0.25) is 0 Å². The Kier molecular flexibility index (Phi) is 4.51. The number of carbonyl (C=O) groups is 1. The van der Waals surface area contributed by atoms with Crippen molar-refractivity contribution in [2.24, 2.45) is 0 Å². The number of aryl methyl sites for hydroxylation is 1. The Morgan fingerprint density at radius 1 is 1.10 bits per heavy atom. The Hall–Kier alpha value is -2.16. The van der Waals surface area contributed by atoms with E-state index in [4.69, 9.17) is 5.11 Å². The summed E-state index contributed by atoms with van der Waals surface area (Å²) in [5.41, 5.74) is 2.54. The minimum absolute atomic E-state index is 0.298. The quantitative estimate of drug-likeness (QED) is 0.868. The molecule has 0 amide bonds. The fraction of sp³-hybridized carbons (Fsp3) is 0.235. The first-order valence-electron chi connectivity index (χ1n) is 6.74. The molecule has 0 aromatic heterocycles. The lowest BCUT2D eigenvalue weighted by atomic mass is 10.0. The molecular weight excluding hydrogens is 255 g/mol. The van der Waals surface area contributed by atoms with Crippen molar-refractivity contribution in [1.82, 2.24) is 0 Å². The minimum Gasteiger partial charge on any atom is -0.478 e. The van der Waals surface area contributed by atoms with Crippen molar-refractivity contribution in [3.8, 4) is 11.1 Å². The summed E-state index contributed by atoms with van der Waals surface area (Å²) in [6.45, 7) is 2.15. The summed E-state index contributed by atoms with van der Waals surface area (Å²) in [5, 5.41) is 8.81. The van der Waals surface area contributed by atoms with Gasteiger partial charge >= 0.3 is 5.97 Å². The van der Waals surface area contributed by atoms with Crippen molar-refractivity contribution in [2.75, 3.05) is 0 Å². The summed E-state index contributed by atoms with van der Waals surface area (Å²) >= 11 is 0. The minimum atomic E-state index is -1.25. The molecule has 0 saturated heterocycles. The molecule has 2 aromatic rings. The summed E-state index contributed by atoms with van der Waals surface area (Å²) < 4.78 is 13.7. The van der Waals surface area contributed by atoms with Crippen LogP contribution < -0.4 is 0 Å². The van der Waals surface area contributed by atoms with Crippen LogP contribution in [0, 0.1) is 5.82 Å². The highest BCUT2D eigenvalue weighted by Crippen LogP contribution is 2.23. The van der Waals surface area contributed by atoms with E-state index in [2.05, 4.69) is 6.92 Å². The molecule has 2 rings (SSSR count). The number of rotatable bonds is 5. The lowest BCUT2D eigenvalue weighted by Gasteiger charge is -2.06. The molecule has 0 bridgehead atoms. The van der Waals surface area contributed by atoms with E-state index in [-0.39, 0.29) is 5.56 Å². The molecule has 1 N–H and O–H groups in total. The molecule has 0 unspecified atom stereocenters. The summed E-state index contributed by atoms with van der Waals surface area (Å²) in [7, 11) is 0. The SMILES string of the molecule is CCCCc1ccc(-c2ccc(C(=O)O)c(F)c2)cc1. The van der Waals surface area contributed by atoms with Crippen molar-refractivity contribution in [2.45, 2.75) is 26.2 Å². The largest absolute Gasteiger partial charge is 0.478 e. The molecule has 0 aliphatic rings. The fourth-order valence-electron chi connectivity index (χ4n) is 2.11.